The normalized spacial score (nSPS) is 18.6. The Morgan fingerprint density at radius 3 is 2.95 bits per heavy atom. The molecule has 0 aliphatic carbocycles. The lowest BCUT2D eigenvalue weighted by atomic mass is 10.1. The van der Waals surface area contributed by atoms with Gasteiger partial charge in [-0.2, -0.15) is 0 Å². The van der Waals surface area contributed by atoms with Crippen LogP contribution in [0, 0.1) is 15.9 Å². The fourth-order valence-electron chi connectivity index (χ4n) is 2.18. The van der Waals surface area contributed by atoms with E-state index >= 15 is 0 Å². The molecule has 21 heavy (non-hydrogen) atoms. The number of halogens is 2. The van der Waals surface area contributed by atoms with Crippen molar-refractivity contribution in [3.63, 3.8) is 0 Å². The molecule has 0 amide bonds. The van der Waals surface area contributed by atoms with Crippen LogP contribution in [0.3, 0.4) is 0 Å². The van der Waals surface area contributed by atoms with Crippen molar-refractivity contribution in [2.75, 3.05) is 24.6 Å². The van der Waals surface area contributed by atoms with Crippen LogP contribution in [0.2, 0.25) is 0 Å². The van der Waals surface area contributed by atoms with Crippen molar-refractivity contribution in [1.82, 2.24) is 0 Å². The van der Waals surface area contributed by atoms with E-state index in [1.54, 1.807) is 4.90 Å². The van der Waals surface area contributed by atoms with Crippen LogP contribution in [0.1, 0.15) is 6.42 Å². The molecule has 7 nitrogen and oxygen atoms in total. The van der Waals surface area contributed by atoms with Gasteiger partial charge < -0.3 is 14.7 Å². The van der Waals surface area contributed by atoms with Crippen LogP contribution >= 0.6 is 15.9 Å². The highest BCUT2D eigenvalue weighted by Gasteiger charge is 2.28. The maximum Gasteiger partial charge on any atom is 0.306 e. The minimum absolute atomic E-state index is 0.115. The van der Waals surface area contributed by atoms with Crippen molar-refractivity contribution >= 4 is 33.3 Å². The number of carboxylic acid groups (broad SMARTS) is 1. The highest BCUT2D eigenvalue weighted by atomic mass is 79.9. The van der Waals surface area contributed by atoms with Gasteiger partial charge in [0, 0.05) is 13.1 Å². The molecule has 0 bridgehead atoms. The van der Waals surface area contributed by atoms with Crippen LogP contribution in [-0.2, 0) is 9.53 Å². The lowest BCUT2D eigenvalue weighted by Gasteiger charge is -2.33. The summed E-state index contributed by atoms with van der Waals surface area (Å²) in [7, 11) is 0. The summed E-state index contributed by atoms with van der Waals surface area (Å²) >= 11 is 3.00. The fraction of sp³-hybridized carbons (Fsp3) is 0.417. The standard InChI is InChI=1S/C12H12BrFN2O5/c13-8-4-10(11(16(19)20)5-9(8)14)15-1-2-21-7(6-15)3-12(17)18/h4-5,7H,1-3,6H2,(H,17,18). The first kappa shape index (κ1) is 15.6. The summed E-state index contributed by atoms with van der Waals surface area (Å²) < 4.78 is 18.9. The molecule has 0 aromatic heterocycles. The summed E-state index contributed by atoms with van der Waals surface area (Å²) in [6.45, 7) is 0.824. The number of carbonyl (C=O) groups is 1. The second-order valence-electron chi connectivity index (χ2n) is 4.55. The molecule has 1 aliphatic rings. The van der Waals surface area contributed by atoms with Gasteiger partial charge in [0.2, 0.25) is 0 Å². The van der Waals surface area contributed by atoms with E-state index in [9.17, 15) is 19.3 Å². The van der Waals surface area contributed by atoms with E-state index in [2.05, 4.69) is 15.9 Å². The number of nitro benzene ring substituents is 1. The molecule has 1 unspecified atom stereocenters. The van der Waals surface area contributed by atoms with Gasteiger partial charge in [0.1, 0.15) is 11.5 Å². The van der Waals surface area contributed by atoms with Crippen molar-refractivity contribution in [2.45, 2.75) is 12.5 Å². The number of nitrogens with zero attached hydrogens (tertiary/aromatic N) is 2. The Kier molecular flexibility index (Phi) is 4.73. The molecule has 1 aliphatic heterocycles. The average Bonchev–Trinajstić information content (AvgIpc) is 2.40. The van der Waals surface area contributed by atoms with Gasteiger partial charge in [-0.05, 0) is 22.0 Å². The zero-order chi connectivity index (χ0) is 15.6. The Balaban J connectivity index is 2.30. The molecule has 1 aromatic carbocycles. The molecule has 114 valence electrons. The molecule has 1 atom stereocenters. The van der Waals surface area contributed by atoms with E-state index in [0.717, 1.165) is 6.07 Å². The molecule has 1 saturated heterocycles. The summed E-state index contributed by atoms with van der Waals surface area (Å²) in [6, 6.07) is 2.18. The van der Waals surface area contributed by atoms with Gasteiger partial charge in [0.15, 0.2) is 0 Å². The number of rotatable bonds is 4. The Hall–Kier alpha value is -1.74. The van der Waals surface area contributed by atoms with Crippen LogP contribution in [0.25, 0.3) is 0 Å². The predicted octanol–water partition coefficient (Wildman–Crippen LogP) is 2.18. The van der Waals surface area contributed by atoms with Crippen LogP contribution in [-0.4, -0.2) is 41.8 Å². The third kappa shape index (κ3) is 3.67. The van der Waals surface area contributed by atoms with Gasteiger partial charge in [0.05, 0.1) is 34.6 Å². The number of nitro groups is 1. The molecular weight excluding hydrogens is 351 g/mol. The fourth-order valence-corrected chi connectivity index (χ4v) is 2.51. The van der Waals surface area contributed by atoms with Gasteiger partial charge in [-0.25, -0.2) is 4.39 Å². The van der Waals surface area contributed by atoms with Gasteiger partial charge in [0.25, 0.3) is 5.69 Å². The van der Waals surface area contributed by atoms with Crippen molar-refractivity contribution in [3.8, 4) is 0 Å². The summed E-state index contributed by atoms with van der Waals surface area (Å²) in [6.07, 6.45) is -0.744. The topological polar surface area (TPSA) is 92.9 Å². The first-order valence-electron chi connectivity index (χ1n) is 6.10. The number of aliphatic carboxylic acids is 1. The Labute approximate surface area is 127 Å². The quantitative estimate of drug-likeness (QED) is 0.651. The van der Waals surface area contributed by atoms with E-state index < -0.39 is 22.8 Å². The van der Waals surface area contributed by atoms with Gasteiger partial charge in [-0.3, -0.25) is 14.9 Å². The average molecular weight is 363 g/mol. The summed E-state index contributed by atoms with van der Waals surface area (Å²) in [4.78, 5) is 22.8. The monoisotopic (exact) mass is 362 g/mol. The molecule has 0 radical (unpaired) electrons. The highest BCUT2D eigenvalue weighted by molar-refractivity contribution is 9.10. The van der Waals surface area contributed by atoms with E-state index in [-0.39, 0.29) is 35.4 Å². The van der Waals surface area contributed by atoms with Crippen molar-refractivity contribution in [2.24, 2.45) is 0 Å². The van der Waals surface area contributed by atoms with Crippen LogP contribution < -0.4 is 4.90 Å². The molecule has 1 fully saturated rings. The Morgan fingerprint density at radius 1 is 1.62 bits per heavy atom. The van der Waals surface area contributed by atoms with Gasteiger partial charge in [-0.15, -0.1) is 0 Å². The summed E-state index contributed by atoms with van der Waals surface area (Å²) in [5.41, 5.74) is -0.112. The van der Waals surface area contributed by atoms with Crippen molar-refractivity contribution in [3.05, 3.63) is 32.5 Å². The number of hydrogen-bond donors (Lipinski definition) is 1. The van der Waals surface area contributed by atoms with E-state index in [0.29, 0.717) is 6.54 Å². The maximum absolute atomic E-state index is 13.5. The van der Waals surface area contributed by atoms with E-state index in [4.69, 9.17) is 9.84 Å². The number of benzene rings is 1. The molecular formula is C12H12BrFN2O5. The molecule has 9 heteroatoms. The smallest absolute Gasteiger partial charge is 0.306 e. The zero-order valence-corrected chi connectivity index (χ0v) is 12.4. The van der Waals surface area contributed by atoms with Gasteiger partial charge >= 0.3 is 5.97 Å². The third-order valence-corrected chi connectivity index (χ3v) is 3.70. The number of anilines is 1. The largest absolute Gasteiger partial charge is 0.481 e. The molecule has 1 heterocycles. The Morgan fingerprint density at radius 2 is 2.33 bits per heavy atom. The van der Waals surface area contributed by atoms with Crippen molar-refractivity contribution < 1.29 is 24.0 Å². The number of ether oxygens (including phenoxy) is 1. The first-order chi connectivity index (χ1) is 9.88. The zero-order valence-electron chi connectivity index (χ0n) is 10.8. The number of carboxylic acids is 1. The van der Waals surface area contributed by atoms with Crippen molar-refractivity contribution in [1.29, 1.82) is 0 Å². The van der Waals surface area contributed by atoms with E-state index in [1.807, 2.05) is 0 Å². The second-order valence-corrected chi connectivity index (χ2v) is 5.40. The summed E-state index contributed by atoms with van der Waals surface area (Å²) in [5.74, 6) is -1.72. The predicted molar refractivity (Wildman–Crippen MR) is 75.0 cm³/mol. The second kappa shape index (κ2) is 6.35. The molecule has 1 N–H and O–H groups in total. The minimum Gasteiger partial charge on any atom is -0.481 e. The van der Waals surface area contributed by atoms with Gasteiger partial charge in [-0.1, -0.05) is 0 Å². The SMILES string of the molecule is O=C(O)CC1CN(c2cc(Br)c(F)cc2[N+](=O)[O-])CCO1. The third-order valence-electron chi connectivity index (χ3n) is 3.10. The molecule has 1 aromatic rings. The van der Waals surface area contributed by atoms with Crippen LogP contribution in [0.4, 0.5) is 15.8 Å². The van der Waals surface area contributed by atoms with Crippen LogP contribution in [0.5, 0.6) is 0 Å². The lowest BCUT2D eigenvalue weighted by molar-refractivity contribution is -0.384. The number of hydrogen-bond acceptors (Lipinski definition) is 5. The first-order valence-corrected chi connectivity index (χ1v) is 6.89. The molecule has 0 saturated carbocycles. The Bertz CT molecular complexity index is 583. The highest BCUT2D eigenvalue weighted by Crippen LogP contribution is 2.34. The lowest BCUT2D eigenvalue weighted by Crippen LogP contribution is -2.43. The van der Waals surface area contributed by atoms with Crippen LogP contribution in [0.15, 0.2) is 16.6 Å². The maximum atomic E-state index is 13.5. The number of morpholine rings is 1. The molecule has 2 rings (SSSR count). The summed E-state index contributed by atoms with van der Waals surface area (Å²) in [5, 5.41) is 19.8. The van der Waals surface area contributed by atoms with E-state index in [1.165, 1.54) is 6.07 Å². The minimum atomic E-state index is -1.00. The molecule has 0 spiro atoms.